The zero-order chi connectivity index (χ0) is 10.7. The van der Waals surface area contributed by atoms with E-state index in [0.29, 0.717) is 16.1 Å². The van der Waals surface area contributed by atoms with Crippen LogP contribution >= 0.6 is 23.2 Å². The lowest BCUT2D eigenvalue weighted by atomic mass is 10.2. The predicted molar refractivity (Wildman–Crippen MR) is 66.0 cm³/mol. The molecule has 1 aliphatic heterocycles. The van der Waals surface area contributed by atoms with Crippen LogP contribution in [0.2, 0.25) is 10.0 Å². The van der Waals surface area contributed by atoms with Gasteiger partial charge >= 0.3 is 0 Å². The Kier molecular flexibility index (Phi) is 3.73. The van der Waals surface area contributed by atoms with E-state index in [0.717, 1.165) is 18.8 Å². The lowest BCUT2D eigenvalue weighted by Gasteiger charge is -2.12. The van der Waals surface area contributed by atoms with Crippen molar-refractivity contribution in [2.75, 3.05) is 18.4 Å². The third kappa shape index (κ3) is 3.00. The molecule has 1 unspecified atom stereocenters. The average molecular weight is 245 g/mol. The Morgan fingerprint density at radius 1 is 1.33 bits per heavy atom. The average Bonchev–Trinajstić information content (AvgIpc) is 2.73. The molecule has 2 nitrogen and oxygen atoms in total. The van der Waals surface area contributed by atoms with E-state index in [-0.39, 0.29) is 0 Å². The Bertz CT molecular complexity index is 335. The van der Waals surface area contributed by atoms with E-state index in [4.69, 9.17) is 23.2 Å². The van der Waals surface area contributed by atoms with Gasteiger partial charge in [-0.25, -0.2) is 0 Å². The molecule has 1 aliphatic rings. The number of hydrogen-bond acceptors (Lipinski definition) is 2. The maximum atomic E-state index is 5.92. The first-order valence-electron chi connectivity index (χ1n) is 5.18. The molecule has 0 aliphatic carbocycles. The van der Waals surface area contributed by atoms with Gasteiger partial charge < -0.3 is 10.6 Å². The van der Waals surface area contributed by atoms with Crippen molar-refractivity contribution in [3.63, 3.8) is 0 Å². The largest absolute Gasteiger partial charge is 0.383 e. The molecule has 1 atom stereocenters. The normalized spacial score (nSPS) is 20.5. The third-order valence-corrected chi connectivity index (χ3v) is 3.37. The van der Waals surface area contributed by atoms with Gasteiger partial charge in [-0.2, -0.15) is 0 Å². The standard InChI is InChI=1S/C11H14Cl2N2/c12-10-4-3-8(6-11(10)13)15-7-9-2-1-5-14-9/h3-4,6,9,14-15H,1-2,5,7H2. The monoisotopic (exact) mass is 244 g/mol. The second-order valence-corrected chi connectivity index (χ2v) is 4.62. The van der Waals surface area contributed by atoms with Crippen LogP contribution in [0.3, 0.4) is 0 Å². The van der Waals surface area contributed by atoms with E-state index in [1.165, 1.54) is 12.8 Å². The Morgan fingerprint density at radius 2 is 2.20 bits per heavy atom. The van der Waals surface area contributed by atoms with Gasteiger partial charge in [0.15, 0.2) is 0 Å². The summed E-state index contributed by atoms with van der Waals surface area (Å²) in [5.41, 5.74) is 1.03. The van der Waals surface area contributed by atoms with Crippen LogP contribution in [0, 0.1) is 0 Å². The first-order chi connectivity index (χ1) is 7.25. The van der Waals surface area contributed by atoms with Gasteiger partial charge in [-0.15, -0.1) is 0 Å². The van der Waals surface area contributed by atoms with Crippen molar-refractivity contribution in [3.05, 3.63) is 28.2 Å². The molecule has 1 fully saturated rings. The van der Waals surface area contributed by atoms with E-state index in [2.05, 4.69) is 10.6 Å². The highest BCUT2D eigenvalue weighted by Gasteiger charge is 2.13. The number of hydrogen-bond donors (Lipinski definition) is 2. The Morgan fingerprint density at radius 3 is 2.87 bits per heavy atom. The minimum atomic E-state index is 0.583. The quantitative estimate of drug-likeness (QED) is 0.854. The lowest BCUT2D eigenvalue weighted by molar-refractivity contribution is 0.633. The smallest absolute Gasteiger partial charge is 0.0612 e. The summed E-state index contributed by atoms with van der Waals surface area (Å²) in [5, 5.41) is 7.98. The molecule has 1 aromatic rings. The summed E-state index contributed by atoms with van der Waals surface area (Å²) in [6, 6.07) is 6.20. The van der Waals surface area contributed by atoms with E-state index >= 15 is 0 Å². The zero-order valence-electron chi connectivity index (χ0n) is 8.39. The molecule has 0 bridgehead atoms. The Balaban J connectivity index is 1.90. The third-order valence-electron chi connectivity index (χ3n) is 2.63. The topological polar surface area (TPSA) is 24.1 Å². The van der Waals surface area contributed by atoms with Gasteiger partial charge in [0.2, 0.25) is 0 Å². The van der Waals surface area contributed by atoms with Crippen LogP contribution in [0.4, 0.5) is 5.69 Å². The first kappa shape index (κ1) is 11.1. The molecular formula is C11H14Cl2N2. The summed E-state index contributed by atoms with van der Waals surface area (Å²) in [6.45, 7) is 2.08. The first-order valence-corrected chi connectivity index (χ1v) is 5.93. The number of rotatable bonds is 3. The van der Waals surface area contributed by atoms with Crippen molar-refractivity contribution >= 4 is 28.9 Å². The van der Waals surface area contributed by atoms with Gasteiger partial charge in [-0.05, 0) is 37.6 Å². The maximum absolute atomic E-state index is 5.92. The summed E-state index contributed by atoms with van der Waals surface area (Å²) < 4.78 is 0. The van der Waals surface area contributed by atoms with E-state index in [9.17, 15) is 0 Å². The summed E-state index contributed by atoms with van der Waals surface area (Å²) >= 11 is 11.8. The lowest BCUT2D eigenvalue weighted by Crippen LogP contribution is -2.29. The molecule has 0 radical (unpaired) electrons. The highest BCUT2D eigenvalue weighted by Crippen LogP contribution is 2.25. The fourth-order valence-corrected chi connectivity index (χ4v) is 2.08. The molecule has 1 saturated heterocycles. The van der Waals surface area contributed by atoms with E-state index in [1.54, 1.807) is 0 Å². The van der Waals surface area contributed by atoms with Gasteiger partial charge in [0.05, 0.1) is 10.0 Å². The molecule has 82 valence electrons. The fourth-order valence-electron chi connectivity index (χ4n) is 1.78. The predicted octanol–water partition coefficient (Wildman–Crippen LogP) is 3.16. The minimum Gasteiger partial charge on any atom is -0.383 e. The second-order valence-electron chi connectivity index (χ2n) is 3.80. The van der Waals surface area contributed by atoms with Gasteiger partial charge in [0, 0.05) is 18.3 Å². The van der Waals surface area contributed by atoms with Gasteiger partial charge in [0.1, 0.15) is 0 Å². The van der Waals surface area contributed by atoms with Crippen LogP contribution < -0.4 is 10.6 Å². The highest BCUT2D eigenvalue weighted by molar-refractivity contribution is 6.42. The number of halogens is 2. The van der Waals surface area contributed by atoms with Crippen LogP contribution in [0.5, 0.6) is 0 Å². The molecule has 1 heterocycles. The van der Waals surface area contributed by atoms with Crippen molar-refractivity contribution in [1.82, 2.24) is 5.32 Å². The molecule has 2 N–H and O–H groups in total. The minimum absolute atomic E-state index is 0.583. The van der Waals surface area contributed by atoms with Crippen molar-refractivity contribution < 1.29 is 0 Å². The van der Waals surface area contributed by atoms with Crippen molar-refractivity contribution in [2.45, 2.75) is 18.9 Å². The van der Waals surface area contributed by atoms with Gasteiger partial charge in [-0.1, -0.05) is 23.2 Å². The van der Waals surface area contributed by atoms with Crippen LogP contribution in [-0.4, -0.2) is 19.1 Å². The van der Waals surface area contributed by atoms with Gasteiger partial charge in [0.25, 0.3) is 0 Å². The van der Waals surface area contributed by atoms with Crippen molar-refractivity contribution in [3.8, 4) is 0 Å². The summed E-state index contributed by atoms with van der Waals surface area (Å²) in [5.74, 6) is 0. The molecule has 0 saturated carbocycles. The molecule has 15 heavy (non-hydrogen) atoms. The second kappa shape index (κ2) is 5.06. The highest BCUT2D eigenvalue weighted by atomic mass is 35.5. The molecule has 1 aromatic carbocycles. The van der Waals surface area contributed by atoms with Crippen LogP contribution in [0.25, 0.3) is 0 Å². The number of anilines is 1. The maximum Gasteiger partial charge on any atom is 0.0612 e. The van der Waals surface area contributed by atoms with Crippen LogP contribution in [0.1, 0.15) is 12.8 Å². The molecule has 0 aromatic heterocycles. The number of nitrogens with one attached hydrogen (secondary N) is 2. The molecular weight excluding hydrogens is 231 g/mol. The SMILES string of the molecule is Clc1ccc(NCC2CCCN2)cc1Cl. The molecule has 0 spiro atoms. The summed E-state index contributed by atoms with van der Waals surface area (Å²) in [6.07, 6.45) is 2.52. The molecule has 2 rings (SSSR count). The summed E-state index contributed by atoms with van der Waals surface area (Å²) in [7, 11) is 0. The molecule has 0 amide bonds. The van der Waals surface area contributed by atoms with Crippen molar-refractivity contribution in [1.29, 1.82) is 0 Å². The number of benzene rings is 1. The van der Waals surface area contributed by atoms with Crippen molar-refractivity contribution in [2.24, 2.45) is 0 Å². The van der Waals surface area contributed by atoms with Crippen LogP contribution in [-0.2, 0) is 0 Å². The fraction of sp³-hybridized carbons (Fsp3) is 0.455. The summed E-state index contributed by atoms with van der Waals surface area (Å²) in [4.78, 5) is 0. The van der Waals surface area contributed by atoms with Crippen LogP contribution in [0.15, 0.2) is 18.2 Å². The Hall–Kier alpha value is -0.440. The van der Waals surface area contributed by atoms with Gasteiger partial charge in [-0.3, -0.25) is 0 Å². The zero-order valence-corrected chi connectivity index (χ0v) is 9.91. The molecule has 4 heteroatoms. The Labute approximate surface area is 100.0 Å². The van der Waals surface area contributed by atoms with E-state index in [1.807, 2.05) is 18.2 Å². The van der Waals surface area contributed by atoms with E-state index < -0.39 is 0 Å².